The minimum Gasteiger partial charge on any atom is -0.478 e. The van der Waals surface area contributed by atoms with Crippen LogP contribution in [0.4, 0.5) is 0 Å². The van der Waals surface area contributed by atoms with E-state index in [1.54, 1.807) is 19.1 Å². The minimum absolute atomic E-state index is 0.326. The molecule has 18 heavy (non-hydrogen) atoms. The predicted molar refractivity (Wildman–Crippen MR) is 81.2 cm³/mol. The Kier molecular flexibility index (Phi) is 4.64. The van der Waals surface area contributed by atoms with Crippen molar-refractivity contribution >= 4 is 31.2 Å². The molecule has 0 unspecified atom stereocenters. The third-order valence-electron chi connectivity index (χ3n) is 2.50. The Balaban J connectivity index is 2.82. The number of rotatable bonds is 4. The lowest BCUT2D eigenvalue weighted by Gasteiger charge is -2.18. The van der Waals surface area contributed by atoms with E-state index in [-0.39, 0.29) is 0 Å². The molecule has 98 valence electrons. The fourth-order valence-corrected chi connectivity index (χ4v) is 2.53. The van der Waals surface area contributed by atoms with Crippen molar-refractivity contribution in [3.63, 3.8) is 0 Å². The molecule has 0 saturated heterocycles. The van der Waals surface area contributed by atoms with Gasteiger partial charge in [-0.05, 0) is 24.6 Å². The summed E-state index contributed by atoms with van der Waals surface area (Å²) in [6.07, 6.45) is 0.922. The summed E-state index contributed by atoms with van der Waals surface area (Å²) in [6.45, 7) is 8.58. The molecule has 0 bridgehead atoms. The first-order chi connectivity index (χ1) is 8.20. The molecular weight excluding hydrogens is 262 g/mol. The van der Waals surface area contributed by atoms with Crippen LogP contribution in [0.2, 0.25) is 19.6 Å². The number of benzene rings is 1. The molecular formula is C13H19NO2SSi. The number of carbonyl (C=O) groups is 1. The lowest BCUT2D eigenvalue weighted by Crippen LogP contribution is -2.39. The second-order valence-corrected chi connectivity index (χ2v) is 11.5. The number of aryl methyl sites for hydroxylation is 1. The summed E-state index contributed by atoms with van der Waals surface area (Å²) in [5.41, 5.74) is 1.94. The van der Waals surface area contributed by atoms with Gasteiger partial charge >= 0.3 is 5.97 Å². The third-order valence-corrected chi connectivity index (χ3v) is 4.12. The van der Waals surface area contributed by atoms with Crippen LogP contribution in [-0.2, 0) is 0 Å². The van der Waals surface area contributed by atoms with Crippen LogP contribution in [0.15, 0.2) is 18.2 Å². The van der Waals surface area contributed by atoms with Crippen molar-refractivity contribution in [3.8, 4) is 0 Å². The fourth-order valence-electron chi connectivity index (χ4n) is 1.49. The summed E-state index contributed by atoms with van der Waals surface area (Å²) < 4.78 is 0. The molecule has 3 nitrogen and oxygen atoms in total. The number of hydrogen-bond donors (Lipinski definition) is 2. The standard InChI is InChI=1S/C13H19NO2SSi/c1-9-7-10(5-6-11(9)13(15)16)12(17)14-8-18(2,3)4/h5-7H,8H2,1-4H3,(H,14,17)(H,15,16). The van der Waals surface area contributed by atoms with Crippen LogP contribution in [-0.4, -0.2) is 30.3 Å². The molecule has 0 radical (unpaired) electrons. The summed E-state index contributed by atoms with van der Waals surface area (Å²) >= 11 is 5.32. The molecule has 0 aliphatic carbocycles. The molecule has 0 heterocycles. The first-order valence-corrected chi connectivity index (χ1v) is 9.94. The van der Waals surface area contributed by atoms with E-state index < -0.39 is 14.0 Å². The van der Waals surface area contributed by atoms with Gasteiger partial charge in [0.05, 0.1) is 13.6 Å². The summed E-state index contributed by atoms with van der Waals surface area (Å²) in [4.78, 5) is 11.6. The maximum atomic E-state index is 10.9. The number of thiocarbonyl (C=S) groups is 1. The Morgan fingerprint density at radius 3 is 2.44 bits per heavy atom. The zero-order valence-electron chi connectivity index (χ0n) is 11.2. The number of carboxylic acids is 1. The largest absolute Gasteiger partial charge is 0.478 e. The molecule has 0 amide bonds. The Labute approximate surface area is 114 Å². The van der Waals surface area contributed by atoms with Crippen LogP contribution in [0.5, 0.6) is 0 Å². The van der Waals surface area contributed by atoms with E-state index >= 15 is 0 Å². The van der Waals surface area contributed by atoms with Crippen LogP contribution in [0.3, 0.4) is 0 Å². The fraction of sp³-hybridized carbons (Fsp3) is 0.385. The Morgan fingerprint density at radius 2 is 2.00 bits per heavy atom. The normalized spacial score (nSPS) is 11.1. The first kappa shape index (κ1) is 14.9. The molecule has 0 saturated carbocycles. The summed E-state index contributed by atoms with van der Waals surface area (Å²) in [5, 5.41) is 12.2. The second kappa shape index (κ2) is 5.62. The monoisotopic (exact) mass is 281 g/mol. The predicted octanol–water partition coefficient (Wildman–Crippen LogP) is 2.84. The summed E-state index contributed by atoms with van der Waals surface area (Å²) in [5.74, 6) is -0.903. The highest BCUT2D eigenvalue weighted by molar-refractivity contribution is 7.80. The highest BCUT2D eigenvalue weighted by Crippen LogP contribution is 2.12. The van der Waals surface area contributed by atoms with Gasteiger partial charge in [-0.2, -0.15) is 0 Å². The molecule has 0 aliphatic heterocycles. The van der Waals surface area contributed by atoms with Crippen molar-refractivity contribution in [2.24, 2.45) is 0 Å². The molecule has 0 fully saturated rings. The van der Waals surface area contributed by atoms with Gasteiger partial charge in [0.15, 0.2) is 0 Å². The lowest BCUT2D eigenvalue weighted by molar-refractivity contribution is 0.0696. The van der Waals surface area contributed by atoms with Crippen molar-refractivity contribution in [2.75, 3.05) is 6.17 Å². The van der Waals surface area contributed by atoms with Crippen LogP contribution in [0.1, 0.15) is 21.5 Å². The summed E-state index contributed by atoms with van der Waals surface area (Å²) in [7, 11) is -1.19. The minimum atomic E-state index is -1.19. The molecule has 1 rings (SSSR count). The molecule has 0 aliphatic rings. The van der Waals surface area contributed by atoms with Crippen LogP contribution in [0.25, 0.3) is 0 Å². The van der Waals surface area contributed by atoms with E-state index in [1.165, 1.54) is 0 Å². The van der Waals surface area contributed by atoms with E-state index in [9.17, 15) is 4.79 Å². The number of carboxylic acid groups (broad SMARTS) is 1. The second-order valence-electron chi connectivity index (χ2n) is 5.58. The average molecular weight is 281 g/mol. The number of aromatic carboxylic acids is 1. The zero-order chi connectivity index (χ0) is 13.9. The lowest BCUT2D eigenvalue weighted by atomic mass is 10.1. The van der Waals surface area contributed by atoms with Gasteiger partial charge in [-0.1, -0.05) is 37.9 Å². The van der Waals surface area contributed by atoms with E-state index in [0.717, 1.165) is 17.3 Å². The van der Waals surface area contributed by atoms with Crippen molar-refractivity contribution in [1.29, 1.82) is 0 Å². The topological polar surface area (TPSA) is 49.3 Å². The quantitative estimate of drug-likeness (QED) is 0.658. The molecule has 0 aromatic heterocycles. The molecule has 0 atom stereocenters. The first-order valence-electron chi connectivity index (χ1n) is 5.83. The average Bonchev–Trinajstić information content (AvgIpc) is 2.24. The molecule has 2 N–H and O–H groups in total. The SMILES string of the molecule is Cc1cc(C(=S)NC[Si](C)(C)C)ccc1C(=O)O. The van der Waals surface area contributed by atoms with Gasteiger partial charge in [-0.25, -0.2) is 4.79 Å². The smallest absolute Gasteiger partial charge is 0.335 e. The summed E-state index contributed by atoms with van der Waals surface area (Å²) in [6, 6.07) is 5.19. The highest BCUT2D eigenvalue weighted by atomic mass is 32.1. The highest BCUT2D eigenvalue weighted by Gasteiger charge is 2.14. The van der Waals surface area contributed by atoms with E-state index in [2.05, 4.69) is 25.0 Å². The Hall–Kier alpha value is -1.20. The molecule has 1 aromatic carbocycles. The number of nitrogens with one attached hydrogen (secondary N) is 1. The van der Waals surface area contributed by atoms with E-state index in [0.29, 0.717) is 10.6 Å². The van der Waals surface area contributed by atoms with Gasteiger partial charge < -0.3 is 10.4 Å². The van der Waals surface area contributed by atoms with Crippen LogP contribution >= 0.6 is 12.2 Å². The van der Waals surface area contributed by atoms with Gasteiger partial charge in [-0.15, -0.1) is 0 Å². The third kappa shape index (κ3) is 4.23. The zero-order valence-corrected chi connectivity index (χ0v) is 13.0. The van der Waals surface area contributed by atoms with E-state index in [1.807, 2.05) is 6.07 Å². The van der Waals surface area contributed by atoms with Gasteiger partial charge in [0.1, 0.15) is 4.99 Å². The van der Waals surface area contributed by atoms with Crippen LogP contribution in [0, 0.1) is 6.92 Å². The Bertz CT molecular complexity index is 480. The van der Waals surface area contributed by atoms with E-state index in [4.69, 9.17) is 17.3 Å². The van der Waals surface area contributed by atoms with Crippen molar-refractivity contribution < 1.29 is 9.90 Å². The van der Waals surface area contributed by atoms with Crippen molar-refractivity contribution in [2.45, 2.75) is 26.6 Å². The van der Waals surface area contributed by atoms with Crippen LogP contribution < -0.4 is 5.32 Å². The van der Waals surface area contributed by atoms with Crippen molar-refractivity contribution in [1.82, 2.24) is 5.32 Å². The van der Waals surface area contributed by atoms with Gasteiger partial charge in [0.2, 0.25) is 0 Å². The van der Waals surface area contributed by atoms with Gasteiger partial charge in [0, 0.05) is 11.7 Å². The molecule has 5 heteroatoms. The molecule has 0 spiro atoms. The number of hydrogen-bond acceptors (Lipinski definition) is 2. The maximum Gasteiger partial charge on any atom is 0.335 e. The maximum absolute atomic E-state index is 10.9. The van der Waals surface area contributed by atoms with Gasteiger partial charge in [-0.3, -0.25) is 0 Å². The van der Waals surface area contributed by atoms with Gasteiger partial charge in [0.25, 0.3) is 0 Å². The Morgan fingerprint density at radius 1 is 1.39 bits per heavy atom. The van der Waals surface area contributed by atoms with Crippen molar-refractivity contribution in [3.05, 3.63) is 34.9 Å². The molecule has 1 aromatic rings.